The maximum absolute atomic E-state index is 12.9. The van der Waals surface area contributed by atoms with Crippen molar-refractivity contribution in [1.29, 1.82) is 5.41 Å². The molecule has 162 valence electrons. The summed E-state index contributed by atoms with van der Waals surface area (Å²) < 4.78 is 5.82. The lowest BCUT2D eigenvalue weighted by Crippen LogP contribution is -2.52. The number of hydrogen-bond acceptors (Lipinski definition) is 5. The normalized spacial score (nSPS) is 13.8. The number of ether oxygens (including phenoxy) is 1. The van der Waals surface area contributed by atoms with Crippen molar-refractivity contribution in [3.05, 3.63) is 64.7 Å². The third-order valence-corrected chi connectivity index (χ3v) is 5.15. The number of nitrogens with two attached hydrogens (primary N) is 1. The van der Waals surface area contributed by atoms with Crippen molar-refractivity contribution >= 4 is 23.6 Å². The highest BCUT2D eigenvalue weighted by molar-refractivity contribution is 6.00. The monoisotopic (exact) mass is 424 g/mol. The molecule has 0 aromatic heterocycles. The molecule has 5 N–H and O–H groups in total. The van der Waals surface area contributed by atoms with Crippen LogP contribution in [-0.4, -0.2) is 53.3 Å². The van der Waals surface area contributed by atoms with Crippen molar-refractivity contribution in [3.8, 4) is 5.75 Å². The largest absolute Gasteiger partial charge is 0.489 e. The van der Waals surface area contributed by atoms with Gasteiger partial charge in [0, 0.05) is 24.7 Å². The van der Waals surface area contributed by atoms with Gasteiger partial charge in [-0.25, -0.2) is 0 Å². The third kappa shape index (κ3) is 5.00. The summed E-state index contributed by atoms with van der Waals surface area (Å²) >= 11 is 0. The molecule has 9 heteroatoms. The average molecular weight is 424 g/mol. The summed E-state index contributed by atoms with van der Waals surface area (Å²) in [7, 11) is 1.41. The van der Waals surface area contributed by atoms with Crippen LogP contribution in [0.15, 0.2) is 42.5 Å². The van der Waals surface area contributed by atoms with Crippen LogP contribution in [0.4, 0.5) is 0 Å². The number of carboxylic acids is 1. The van der Waals surface area contributed by atoms with Gasteiger partial charge in [-0.2, -0.15) is 0 Å². The Labute approximate surface area is 179 Å². The lowest BCUT2D eigenvalue weighted by molar-refractivity contribution is -0.141. The van der Waals surface area contributed by atoms with E-state index in [-0.39, 0.29) is 18.3 Å². The Morgan fingerprint density at radius 3 is 2.58 bits per heavy atom. The minimum absolute atomic E-state index is 0.00267. The number of likely N-dealkylation sites (N-methyl/N-ethyl adjacent to an activating group) is 1. The van der Waals surface area contributed by atoms with Crippen molar-refractivity contribution < 1.29 is 24.2 Å². The summed E-state index contributed by atoms with van der Waals surface area (Å²) in [6.45, 7) is 0.557. The number of nitrogens with zero attached hydrogens (tertiary/aromatic N) is 1. The predicted molar refractivity (Wildman–Crippen MR) is 113 cm³/mol. The van der Waals surface area contributed by atoms with Crippen molar-refractivity contribution in [2.24, 2.45) is 5.73 Å². The Bertz CT molecular complexity index is 1020. The molecule has 2 aromatic rings. The fourth-order valence-corrected chi connectivity index (χ4v) is 3.49. The van der Waals surface area contributed by atoms with E-state index in [4.69, 9.17) is 21.0 Å². The van der Waals surface area contributed by atoms with E-state index < -0.39 is 24.3 Å². The minimum Gasteiger partial charge on any atom is -0.489 e. The zero-order chi connectivity index (χ0) is 22.5. The van der Waals surface area contributed by atoms with Crippen LogP contribution in [0.2, 0.25) is 0 Å². The zero-order valence-corrected chi connectivity index (χ0v) is 17.1. The summed E-state index contributed by atoms with van der Waals surface area (Å²) in [5, 5.41) is 19.0. The van der Waals surface area contributed by atoms with Crippen LogP contribution in [0.1, 0.15) is 33.5 Å². The van der Waals surface area contributed by atoms with E-state index in [9.17, 15) is 14.4 Å². The van der Waals surface area contributed by atoms with E-state index in [0.29, 0.717) is 29.9 Å². The first kappa shape index (κ1) is 21.8. The number of aliphatic carboxylic acids is 1. The first-order chi connectivity index (χ1) is 14.8. The standard InChI is InChI=1S/C22H24N4O5/c1-25-21(29)18(11-19(27)28)26-9-8-15-10-16(6-7-17(15)22(26)30)31-12-13-2-4-14(5-3-13)20(23)24/h2-7,10,18H,8-9,11-12H2,1H3,(H3,23,24)(H,25,29)(H,27,28). The van der Waals surface area contributed by atoms with Gasteiger partial charge >= 0.3 is 5.97 Å². The van der Waals surface area contributed by atoms with Gasteiger partial charge in [0.1, 0.15) is 24.2 Å². The Morgan fingerprint density at radius 2 is 1.97 bits per heavy atom. The summed E-state index contributed by atoms with van der Waals surface area (Å²) in [5.74, 6) is -1.42. The number of carbonyl (C=O) groups is 3. The van der Waals surface area contributed by atoms with Crippen LogP contribution in [0.3, 0.4) is 0 Å². The maximum Gasteiger partial charge on any atom is 0.305 e. The topological polar surface area (TPSA) is 146 Å². The molecule has 2 aromatic carbocycles. The van der Waals surface area contributed by atoms with E-state index >= 15 is 0 Å². The number of amides is 2. The van der Waals surface area contributed by atoms with Crippen molar-refractivity contribution in [2.75, 3.05) is 13.6 Å². The number of nitrogens with one attached hydrogen (secondary N) is 2. The van der Waals surface area contributed by atoms with Crippen LogP contribution >= 0.6 is 0 Å². The summed E-state index contributed by atoms with van der Waals surface area (Å²) in [6, 6.07) is 11.2. The molecule has 1 heterocycles. The molecule has 3 rings (SSSR count). The number of carbonyl (C=O) groups excluding carboxylic acids is 2. The molecular weight excluding hydrogens is 400 g/mol. The van der Waals surface area contributed by atoms with Crippen LogP contribution < -0.4 is 15.8 Å². The Morgan fingerprint density at radius 1 is 1.26 bits per heavy atom. The predicted octanol–water partition coefficient (Wildman–Crippen LogP) is 1.14. The number of fused-ring (bicyclic) bond motifs is 1. The minimum atomic E-state index is -1.15. The van der Waals surface area contributed by atoms with Gasteiger partial charge in [0.2, 0.25) is 5.91 Å². The number of nitrogen functional groups attached to an aromatic ring is 1. The SMILES string of the molecule is CNC(=O)C(CC(=O)O)N1CCc2cc(OCc3ccc(C(=N)N)cc3)ccc2C1=O. The zero-order valence-electron chi connectivity index (χ0n) is 17.1. The maximum atomic E-state index is 12.9. The molecule has 0 saturated carbocycles. The fourth-order valence-electron chi connectivity index (χ4n) is 3.49. The van der Waals surface area contributed by atoms with Gasteiger partial charge in [0.25, 0.3) is 5.91 Å². The Hall–Kier alpha value is -3.88. The first-order valence-corrected chi connectivity index (χ1v) is 9.73. The second-order valence-electron chi connectivity index (χ2n) is 7.19. The molecule has 0 radical (unpaired) electrons. The van der Waals surface area contributed by atoms with Gasteiger partial charge in [-0.1, -0.05) is 24.3 Å². The molecule has 9 nitrogen and oxygen atoms in total. The second kappa shape index (κ2) is 9.29. The third-order valence-electron chi connectivity index (χ3n) is 5.15. The van der Waals surface area contributed by atoms with Crippen molar-refractivity contribution in [3.63, 3.8) is 0 Å². The summed E-state index contributed by atoms with van der Waals surface area (Å²) in [6.07, 6.45) is 0.0308. The van der Waals surface area contributed by atoms with Crippen LogP contribution in [0.5, 0.6) is 5.75 Å². The van der Waals surface area contributed by atoms with E-state index in [0.717, 1.165) is 11.1 Å². The molecule has 31 heavy (non-hydrogen) atoms. The van der Waals surface area contributed by atoms with E-state index in [1.165, 1.54) is 11.9 Å². The van der Waals surface area contributed by atoms with Gasteiger partial charge in [-0.15, -0.1) is 0 Å². The van der Waals surface area contributed by atoms with Crippen molar-refractivity contribution in [1.82, 2.24) is 10.2 Å². The van der Waals surface area contributed by atoms with E-state index in [1.807, 2.05) is 12.1 Å². The molecular formula is C22H24N4O5. The summed E-state index contributed by atoms with van der Waals surface area (Å²) in [5.41, 5.74) is 8.22. The molecule has 0 bridgehead atoms. The van der Waals surface area contributed by atoms with Gasteiger partial charge in [0.15, 0.2) is 0 Å². The number of rotatable bonds is 8. The average Bonchev–Trinajstić information content (AvgIpc) is 2.76. The molecule has 0 aliphatic carbocycles. The van der Waals surface area contributed by atoms with Crippen LogP contribution in [0.25, 0.3) is 0 Å². The molecule has 1 aliphatic rings. The molecule has 2 amide bonds. The van der Waals surface area contributed by atoms with E-state index in [2.05, 4.69) is 5.32 Å². The van der Waals surface area contributed by atoms with Gasteiger partial charge < -0.3 is 25.8 Å². The Kier molecular flexibility index (Phi) is 6.54. The second-order valence-corrected chi connectivity index (χ2v) is 7.19. The molecule has 0 fully saturated rings. The van der Waals surface area contributed by atoms with Crippen molar-refractivity contribution in [2.45, 2.75) is 25.5 Å². The fraction of sp³-hybridized carbons (Fsp3) is 0.273. The van der Waals surface area contributed by atoms with Gasteiger partial charge in [-0.05, 0) is 35.7 Å². The lowest BCUT2D eigenvalue weighted by Gasteiger charge is -2.34. The lowest BCUT2D eigenvalue weighted by atomic mass is 9.96. The molecule has 0 saturated heterocycles. The highest BCUT2D eigenvalue weighted by atomic mass is 16.5. The molecule has 0 spiro atoms. The highest BCUT2D eigenvalue weighted by Crippen LogP contribution is 2.26. The smallest absolute Gasteiger partial charge is 0.305 e. The van der Waals surface area contributed by atoms with Crippen LogP contribution in [-0.2, 0) is 22.6 Å². The molecule has 1 aliphatic heterocycles. The quantitative estimate of drug-likeness (QED) is 0.369. The molecule has 1 atom stereocenters. The summed E-state index contributed by atoms with van der Waals surface area (Å²) in [4.78, 5) is 37.5. The highest BCUT2D eigenvalue weighted by Gasteiger charge is 2.35. The van der Waals surface area contributed by atoms with Gasteiger partial charge in [0.05, 0.1) is 6.42 Å². The van der Waals surface area contributed by atoms with Gasteiger partial charge in [-0.3, -0.25) is 19.8 Å². The molecule has 1 unspecified atom stereocenters. The number of carboxylic acid groups (broad SMARTS) is 1. The van der Waals surface area contributed by atoms with E-state index in [1.54, 1.807) is 30.3 Å². The Balaban J connectivity index is 1.71. The number of hydrogen-bond donors (Lipinski definition) is 4. The van der Waals surface area contributed by atoms with Crippen LogP contribution in [0, 0.1) is 5.41 Å². The number of benzene rings is 2. The number of amidine groups is 1. The first-order valence-electron chi connectivity index (χ1n) is 9.73.